The van der Waals surface area contributed by atoms with Crippen molar-refractivity contribution in [3.8, 4) is 0 Å². The molecule has 0 saturated carbocycles. The number of hydrogen-bond donors (Lipinski definition) is 1. The van der Waals surface area contributed by atoms with E-state index in [9.17, 15) is 4.39 Å². The molecule has 2 aromatic carbocycles. The van der Waals surface area contributed by atoms with E-state index in [4.69, 9.17) is 17.3 Å². The Balaban J connectivity index is 1.77. The molecule has 0 saturated heterocycles. The second-order valence-electron chi connectivity index (χ2n) is 4.91. The van der Waals surface area contributed by atoms with Crippen LogP contribution in [0.3, 0.4) is 0 Å². The second-order valence-corrected chi connectivity index (χ2v) is 5.32. The van der Waals surface area contributed by atoms with Gasteiger partial charge in [0.2, 0.25) is 0 Å². The second kappa shape index (κ2) is 4.83. The summed E-state index contributed by atoms with van der Waals surface area (Å²) in [6, 6.07) is 10.6. The van der Waals surface area contributed by atoms with Crippen LogP contribution in [0.15, 0.2) is 36.4 Å². The van der Waals surface area contributed by atoms with Gasteiger partial charge in [0.15, 0.2) is 0 Å². The minimum atomic E-state index is -0.300. The van der Waals surface area contributed by atoms with Crippen LogP contribution in [0.25, 0.3) is 0 Å². The van der Waals surface area contributed by atoms with Crippen LogP contribution in [-0.4, -0.2) is 4.90 Å². The molecule has 3 rings (SSSR count). The van der Waals surface area contributed by atoms with Crippen molar-refractivity contribution < 1.29 is 4.39 Å². The maximum Gasteiger partial charge on any atom is 0.124 e. The molecule has 0 amide bonds. The number of nitrogen functional groups attached to an aromatic ring is 1. The molecule has 0 radical (unpaired) electrons. The lowest BCUT2D eigenvalue weighted by molar-refractivity contribution is 0.275. The lowest BCUT2D eigenvalue weighted by Gasteiger charge is -2.15. The van der Waals surface area contributed by atoms with Crippen LogP contribution in [0.2, 0.25) is 5.02 Å². The first kappa shape index (κ1) is 12.5. The van der Waals surface area contributed by atoms with Gasteiger partial charge in [0, 0.05) is 30.3 Å². The molecule has 0 spiro atoms. The number of halogens is 2. The van der Waals surface area contributed by atoms with Crippen molar-refractivity contribution in [1.82, 2.24) is 4.90 Å². The Labute approximate surface area is 116 Å². The van der Waals surface area contributed by atoms with Crippen LogP contribution in [0.5, 0.6) is 0 Å². The quantitative estimate of drug-likeness (QED) is 0.850. The minimum absolute atomic E-state index is 0.300. The Morgan fingerprint density at radius 2 is 1.89 bits per heavy atom. The summed E-state index contributed by atoms with van der Waals surface area (Å²) in [5.41, 5.74) is 10.1. The van der Waals surface area contributed by atoms with Crippen LogP contribution < -0.4 is 5.73 Å². The van der Waals surface area contributed by atoms with Gasteiger partial charge in [-0.25, -0.2) is 4.39 Å². The summed E-state index contributed by atoms with van der Waals surface area (Å²) in [7, 11) is 0. The van der Waals surface area contributed by atoms with Crippen LogP contribution in [-0.2, 0) is 19.6 Å². The monoisotopic (exact) mass is 276 g/mol. The maximum atomic E-state index is 13.0. The molecule has 2 aromatic rings. The van der Waals surface area contributed by atoms with Gasteiger partial charge in [-0.1, -0.05) is 23.7 Å². The molecule has 0 unspecified atom stereocenters. The number of fused-ring (bicyclic) bond motifs is 1. The predicted molar refractivity (Wildman–Crippen MR) is 75.2 cm³/mol. The zero-order valence-corrected chi connectivity index (χ0v) is 11.1. The van der Waals surface area contributed by atoms with Crippen molar-refractivity contribution >= 4 is 17.3 Å². The van der Waals surface area contributed by atoms with Gasteiger partial charge < -0.3 is 5.73 Å². The average Bonchev–Trinajstić information content (AvgIpc) is 2.74. The van der Waals surface area contributed by atoms with Crippen LogP contribution in [0.1, 0.15) is 16.7 Å². The topological polar surface area (TPSA) is 29.3 Å². The lowest BCUT2D eigenvalue weighted by atomic mass is 10.1. The summed E-state index contributed by atoms with van der Waals surface area (Å²) in [6.45, 7) is 2.45. The normalized spacial score (nSPS) is 14.6. The largest absolute Gasteiger partial charge is 0.399 e. The summed E-state index contributed by atoms with van der Waals surface area (Å²) in [6.07, 6.45) is 0. The summed E-state index contributed by atoms with van der Waals surface area (Å²) < 4.78 is 13.0. The standard InChI is InChI=1S/C15H14ClFN2/c16-15-6-13(17)3-1-11(15)8-19-7-10-2-4-14(18)5-12(10)9-19/h1-6H,7-9,18H2. The molecule has 0 fully saturated rings. The number of rotatable bonds is 2. The molecule has 1 aliphatic rings. The third-order valence-corrected chi connectivity index (χ3v) is 3.78. The molecule has 0 bridgehead atoms. The van der Waals surface area contributed by atoms with Crippen molar-refractivity contribution in [2.45, 2.75) is 19.6 Å². The summed E-state index contributed by atoms with van der Waals surface area (Å²) >= 11 is 6.06. The molecule has 2 nitrogen and oxygen atoms in total. The smallest absolute Gasteiger partial charge is 0.124 e. The Morgan fingerprint density at radius 3 is 2.68 bits per heavy atom. The number of anilines is 1. The molecule has 1 aliphatic heterocycles. The Bertz CT molecular complexity index is 628. The molecule has 19 heavy (non-hydrogen) atoms. The molecule has 1 heterocycles. The van der Waals surface area contributed by atoms with Gasteiger partial charge in [0.1, 0.15) is 5.82 Å². The van der Waals surface area contributed by atoms with Crippen LogP contribution in [0.4, 0.5) is 10.1 Å². The molecule has 4 heteroatoms. The summed E-state index contributed by atoms with van der Waals surface area (Å²) in [5, 5.41) is 0.482. The van der Waals surface area contributed by atoms with Gasteiger partial charge in [-0.15, -0.1) is 0 Å². The van der Waals surface area contributed by atoms with Crippen molar-refractivity contribution in [1.29, 1.82) is 0 Å². The highest BCUT2D eigenvalue weighted by Crippen LogP contribution is 2.27. The van der Waals surface area contributed by atoms with Gasteiger partial charge >= 0.3 is 0 Å². The van der Waals surface area contributed by atoms with E-state index >= 15 is 0 Å². The number of nitrogens with two attached hydrogens (primary N) is 1. The molecule has 98 valence electrons. The summed E-state index contributed by atoms with van der Waals surface area (Å²) in [5.74, 6) is -0.300. The molecule has 0 aliphatic carbocycles. The van der Waals surface area contributed by atoms with Crippen molar-refractivity contribution in [3.63, 3.8) is 0 Å². The van der Waals surface area contributed by atoms with Gasteiger partial charge in [0.05, 0.1) is 0 Å². The third-order valence-electron chi connectivity index (χ3n) is 3.43. The van der Waals surface area contributed by atoms with Gasteiger partial charge in [-0.05, 0) is 41.0 Å². The van der Waals surface area contributed by atoms with E-state index in [2.05, 4.69) is 11.0 Å². The van der Waals surface area contributed by atoms with E-state index < -0.39 is 0 Å². The number of hydrogen-bond acceptors (Lipinski definition) is 2. The number of benzene rings is 2. The maximum absolute atomic E-state index is 13.0. The molecule has 0 aromatic heterocycles. The fourth-order valence-electron chi connectivity index (χ4n) is 2.49. The lowest BCUT2D eigenvalue weighted by Crippen LogP contribution is -2.15. The van der Waals surface area contributed by atoms with Gasteiger partial charge in [0.25, 0.3) is 0 Å². The van der Waals surface area contributed by atoms with E-state index in [0.29, 0.717) is 11.6 Å². The van der Waals surface area contributed by atoms with E-state index in [-0.39, 0.29) is 5.82 Å². The van der Waals surface area contributed by atoms with E-state index in [1.165, 1.54) is 23.3 Å². The van der Waals surface area contributed by atoms with Crippen molar-refractivity contribution in [3.05, 3.63) is 63.9 Å². The van der Waals surface area contributed by atoms with Crippen LogP contribution >= 0.6 is 11.6 Å². The number of nitrogens with zero attached hydrogens (tertiary/aromatic N) is 1. The predicted octanol–water partition coefficient (Wildman–Crippen LogP) is 3.58. The zero-order chi connectivity index (χ0) is 13.4. The molecular formula is C15H14ClFN2. The molecule has 2 N–H and O–H groups in total. The van der Waals surface area contributed by atoms with E-state index in [0.717, 1.165) is 24.3 Å². The fraction of sp³-hybridized carbons (Fsp3) is 0.200. The molecule has 0 atom stereocenters. The van der Waals surface area contributed by atoms with E-state index in [1.54, 1.807) is 6.07 Å². The third kappa shape index (κ3) is 2.57. The highest BCUT2D eigenvalue weighted by Gasteiger charge is 2.19. The first-order chi connectivity index (χ1) is 9.11. The molecular weight excluding hydrogens is 263 g/mol. The Kier molecular flexibility index (Phi) is 3.17. The highest BCUT2D eigenvalue weighted by molar-refractivity contribution is 6.31. The first-order valence-electron chi connectivity index (χ1n) is 6.15. The van der Waals surface area contributed by atoms with Gasteiger partial charge in [-0.2, -0.15) is 0 Å². The minimum Gasteiger partial charge on any atom is -0.399 e. The van der Waals surface area contributed by atoms with Crippen molar-refractivity contribution in [2.75, 3.05) is 5.73 Å². The SMILES string of the molecule is Nc1ccc2c(c1)CN(Cc1ccc(F)cc1Cl)C2. The van der Waals surface area contributed by atoms with Crippen molar-refractivity contribution in [2.24, 2.45) is 0 Å². The Morgan fingerprint density at radius 1 is 1.11 bits per heavy atom. The van der Waals surface area contributed by atoms with E-state index in [1.807, 2.05) is 12.1 Å². The van der Waals surface area contributed by atoms with Crippen LogP contribution in [0, 0.1) is 5.82 Å². The summed E-state index contributed by atoms with van der Waals surface area (Å²) in [4.78, 5) is 2.27. The average molecular weight is 277 g/mol. The fourth-order valence-corrected chi connectivity index (χ4v) is 2.71. The van der Waals surface area contributed by atoms with Gasteiger partial charge in [-0.3, -0.25) is 4.90 Å². The Hall–Kier alpha value is -1.58. The first-order valence-corrected chi connectivity index (χ1v) is 6.53. The highest BCUT2D eigenvalue weighted by atomic mass is 35.5. The zero-order valence-electron chi connectivity index (χ0n) is 10.4.